The number of benzene rings is 3. The molecule has 4 aromatic rings. The number of rotatable bonds is 6. The number of aromatic nitrogens is 1. The Kier molecular flexibility index (Phi) is 6.30. The minimum atomic E-state index is -3.98. The zero-order valence-electron chi connectivity index (χ0n) is 22.2. The molecular formula is C29H27N3O5S2. The van der Waals surface area contributed by atoms with Crippen LogP contribution in [0.4, 0.5) is 5.69 Å². The van der Waals surface area contributed by atoms with Gasteiger partial charge in [0.25, 0.3) is 10.0 Å². The first-order chi connectivity index (χ1) is 18.3. The lowest BCUT2D eigenvalue weighted by atomic mass is 9.85. The van der Waals surface area contributed by atoms with Crippen molar-refractivity contribution in [2.24, 2.45) is 4.99 Å². The van der Waals surface area contributed by atoms with E-state index in [9.17, 15) is 22.1 Å². The van der Waals surface area contributed by atoms with Crippen LogP contribution in [0.2, 0.25) is 0 Å². The van der Waals surface area contributed by atoms with Gasteiger partial charge in [0.2, 0.25) is 0 Å². The highest BCUT2D eigenvalue weighted by molar-refractivity contribution is 7.91. The maximum atomic E-state index is 13.7. The largest absolute Gasteiger partial charge is 0.368 e. The summed E-state index contributed by atoms with van der Waals surface area (Å²) in [5.41, 5.74) is 3.34. The first-order valence-electron chi connectivity index (χ1n) is 12.1. The third-order valence-electron chi connectivity index (χ3n) is 7.32. The molecular weight excluding hydrogens is 534 g/mol. The molecule has 0 fully saturated rings. The second-order valence-corrected chi connectivity index (χ2v) is 13.8. The van der Waals surface area contributed by atoms with E-state index in [1.807, 2.05) is 6.92 Å². The van der Waals surface area contributed by atoms with Crippen molar-refractivity contribution >= 4 is 42.2 Å². The van der Waals surface area contributed by atoms with Gasteiger partial charge in [-0.3, -0.25) is 4.99 Å². The van der Waals surface area contributed by atoms with E-state index >= 15 is 0 Å². The quantitative estimate of drug-likeness (QED) is 0.328. The van der Waals surface area contributed by atoms with Crippen molar-refractivity contribution in [2.75, 3.05) is 13.4 Å². The fourth-order valence-corrected chi connectivity index (χ4v) is 7.67. The maximum absolute atomic E-state index is 13.7. The van der Waals surface area contributed by atoms with Crippen molar-refractivity contribution < 1.29 is 21.6 Å². The third-order valence-corrected chi connectivity index (χ3v) is 10.1. The Morgan fingerprint density at radius 1 is 1.03 bits per heavy atom. The number of methoxy groups -OCH3 is 1. The summed E-state index contributed by atoms with van der Waals surface area (Å²) in [6, 6.07) is 17.0. The average Bonchev–Trinajstić information content (AvgIpc) is 3.53. The van der Waals surface area contributed by atoms with E-state index in [0.29, 0.717) is 45.4 Å². The topological polar surface area (TPSA) is 119 Å². The predicted molar refractivity (Wildman–Crippen MR) is 150 cm³/mol. The van der Waals surface area contributed by atoms with E-state index in [2.05, 4.69) is 6.07 Å². The summed E-state index contributed by atoms with van der Waals surface area (Å²) in [5, 5.41) is 9.76. The molecule has 39 heavy (non-hydrogen) atoms. The Balaban J connectivity index is 1.79. The molecule has 1 unspecified atom stereocenters. The Labute approximate surface area is 228 Å². The Bertz CT molecular complexity index is 1950. The van der Waals surface area contributed by atoms with Crippen molar-refractivity contribution in [2.45, 2.75) is 42.6 Å². The Morgan fingerprint density at radius 3 is 2.33 bits per heavy atom. The number of sulfone groups is 1. The van der Waals surface area contributed by atoms with Crippen LogP contribution in [0, 0.1) is 25.2 Å². The molecule has 0 bridgehead atoms. The van der Waals surface area contributed by atoms with Gasteiger partial charge in [0.05, 0.1) is 38.3 Å². The van der Waals surface area contributed by atoms with Crippen LogP contribution in [0.25, 0.3) is 10.9 Å². The summed E-state index contributed by atoms with van der Waals surface area (Å²) in [4.78, 5) is 4.94. The molecule has 0 saturated heterocycles. The first kappa shape index (κ1) is 26.8. The summed E-state index contributed by atoms with van der Waals surface area (Å²) in [6.45, 7) is 5.31. The average molecular weight is 562 g/mol. The van der Waals surface area contributed by atoms with Gasteiger partial charge in [-0.25, -0.2) is 20.8 Å². The molecule has 0 spiro atoms. The molecule has 5 rings (SSSR count). The number of nitriles is 1. The van der Waals surface area contributed by atoms with Crippen LogP contribution in [0.5, 0.6) is 0 Å². The smallest absolute Gasteiger partial charge is 0.268 e. The zero-order chi connectivity index (χ0) is 28.3. The molecule has 1 atom stereocenters. The third kappa shape index (κ3) is 4.27. The fourth-order valence-electron chi connectivity index (χ4n) is 5.19. The van der Waals surface area contributed by atoms with Crippen LogP contribution in [-0.4, -0.2) is 39.9 Å². The number of hydrogen-bond donors (Lipinski definition) is 0. The fraction of sp³-hybridized carbons (Fsp3) is 0.241. The number of fused-ring (bicyclic) bond motifs is 2. The maximum Gasteiger partial charge on any atom is 0.268 e. The van der Waals surface area contributed by atoms with E-state index in [1.165, 1.54) is 23.3 Å². The van der Waals surface area contributed by atoms with E-state index < -0.39 is 25.5 Å². The molecule has 1 aromatic heterocycles. The molecule has 10 heteroatoms. The van der Waals surface area contributed by atoms with Gasteiger partial charge in [0, 0.05) is 36.9 Å². The lowest BCUT2D eigenvalue weighted by molar-refractivity contribution is 0.0622. The minimum absolute atomic E-state index is 0.0405. The molecule has 2 heterocycles. The standard InChI is InChI=1S/C29H27N3O5S2/c1-18-6-9-22(10-7-18)39(35,36)32-13-12-23-27(25(38(5,33)34)14-19(2)28(23)32)29(3,37-4)26-16-21-15-20(17-30)8-11-24(21)31-26/h6-15H,16H2,1-5H3. The molecule has 200 valence electrons. The summed E-state index contributed by atoms with van der Waals surface area (Å²) < 4.78 is 60.9. The minimum Gasteiger partial charge on any atom is -0.368 e. The van der Waals surface area contributed by atoms with Crippen LogP contribution in [0.15, 0.2) is 75.6 Å². The lowest BCUT2D eigenvalue weighted by Gasteiger charge is -2.32. The number of aryl methyl sites for hydroxylation is 2. The molecule has 0 aliphatic carbocycles. The molecule has 3 aromatic carbocycles. The first-order valence-corrected chi connectivity index (χ1v) is 15.5. The summed E-state index contributed by atoms with van der Waals surface area (Å²) in [7, 11) is -6.28. The van der Waals surface area contributed by atoms with Gasteiger partial charge in [0.1, 0.15) is 5.60 Å². The van der Waals surface area contributed by atoms with Crippen molar-refractivity contribution in [3.63, 3.8) is 0 Å². The van der Waals surface area contributed by atoms with Crippen LogP contribution < -0.4 is 0 Å². The second kappa shape index (κ2) is 9.16. The normalized spacial score (nSPS) is 15.0. The number of hydrogen-bond acceptors (Lipinski definition) is 7. The molecule has 1 aliphatic rings. The van der Waals surface area contributed by atoms with Gasteiger partial charge in [-0.1, -0.05) is 17.7 Å². The summed E-state index contributed by atoms with van der Waals surface area (Å²) in [5.74, 6) is 0. The van der Waals surface area contributed by atoms with E-state index in [4.69, 9.17) is 9.73 Å². The van der Waals surface area contributed by atoms with Crippen LogP contribution >= 0.6 is 0 Å². The van der Waals surface area contributed by atoms with Crippen molar-refractivity contribution in [1.82, 2.24) is 3.97 Å². The van der Waals surface area contributed by atoms with Gasteiger partial charge in [-0.2, -0.15) is 5.26 Å². The van der Waals surface area contributed by atoms with Crippen molar-refractivity contribution in [3.05, 3.63) is 88.6 Å². The molecule has 0 radical (unpaired) electrons. The molecule has 0 saturated carbocycles. The lowest BCUT2D eigenvalue weighted by Crippen LogP contribution is -2.36. The number of aliphatic imine (C=N–C) groups is 1. The predicted octanol–water partition coefficient (Wildman–Crippen LogP) is 4.96. The Hall–Kier alpha value is -3.78. The van der Waals surface area contributed by atoms with Crippen LogP contribution in [0.3, 0.4) is 0 Å². The number of ether oxygens (including phenoxy) is 1. The van der Waals surface area contributed by atoms with Crippen LogP contribution in [0.1, 0.15) is 34.7 Å². The van der Waals surface area contributed by atoms with E-state index in [1.54, 1.807) is 62.4 Å². The zero-order valence-corrected chi connectivity index (χ0v) is 23.8. The molecule has 0 N–H and O–H groups in total. The van der Waals surface area contributed by atoms with Crippen molar-refractivity contribution in [3.8, 4) is 6.07 Å². The van der Waals surface area contributed by atoms with E-state index in [0.717, 1.165) is 17.4 Å². The Morgan fingerprint density at radius 2 is 1.72 bits per heavy atom. The highest BCUT2D eigenvalue weighted by atomic mass is 32.2. The summed E-state index contributed by atoms with van der Waals surface area (Å²) in [6.07, 6.45) is 2.91. The second-order valence-electron chi connectivity index (χ2n) is 9.96. The van der Waals surface area contributed by atoms with Crippen molar-refractivity contribution in [1.29, 1.82) is 5.26 Å². The van der Waals surface area contributed by atoms with Gasteiger partial charge in [0.15, 0.2) is 9.84 Å². The van der Waals surface area contributed by atoms with E-state index in [-0.39, 0.29) is 9.79 Å². The van der Waals surface area contributed by atoms with Gasteiger partial charge in [-0.15, -0.1) is 0 Å². The monoisotopic (exact) mass is 561 g/mol. The van der Waals surface area contributed by atoms with Gasteiger partial charge >= 0.3 is 0 Å². The molecule has 1 aliphatic heterocycles. The highest BCUT2D eigenvalue weighted by Gasteiger charge is 2.41. The SMILES string of the molecule is COC(C)(C1=Nc2ccc(C#N)cc2C1)c1c(S(C)(=O)=O)cc(C)c2c1ccn2S(=O)(=O)c1ccc(C)cc1. The van der Waals surface area contributed by atoms with Crippen LogP contribution in [-0.2, 0) is 36.6 Å². The molecule has 8 nitrogen and oxygen atoms in total. The summed E-state index contributed by atoms with van der Waals surface area (Å²) >= 11 is 0. The number of nitrogens with zero attached hydrogens (tertiary/aromatic N) is 3. The van der Waals surface area contributed by atoms with Gasteiger partial charge in [-0.05, 0) is 74.4 Å². The van der Waals surface area contributed by atoms with Gasteiger partial charge < -0.3 is 4.74 Å². The highest BCUT2D eigenvalue weighted by Crippen LogP contribution is 2.43. The molecule has 0 amide bonds.